The smallest absolute Gasteiger partial charge is 0.271 e. The second kappa shape index (κ2) is 13.5. The van der Waals surface area contributed by atoms with Crippen LogP contribution in [0.5, 0.6) is 0 Å². The standard InChI is InChI=1S/C28H40N8O3/c1-33(2)12-4-5-13-35-14-6-7-23(20-35)34(3)24-19-30-25(26(29)37)27(32-24)31-22-10-8-21(9-11-22)28(38)36-15-17-39-18-16-36/h4-5,8-11,19,23H,6-7,12-18,20H2,1-3H3,(H2,29,37)(H,31,32)/b5-4+/t23-/m1/s1. The van der Waals surface area contributed by atoms with Crippen molar-refractivity contribution in [3.63, 3.8) is 0 Å². The van der Waals surface area contributed by atoms with Crippen LogP contribution in [0.15, 0.2) is 42.6 Å². The molecule has 2 fully saturated rings. The van der Waals surface area contributed by atoms with Crippen LogP contribution in [0.4, 0.5) is 17.3 Å². The molecule has 3 heterocycles. The topological polar surface area (TPSA) is 120 Å². The Hall–Kier alpha value is -3.54. The van der Waals surface area contributed by atoms with E-state index in [1.807, 2.05) is 7.05 Å². The van der Waals surface area contributed by atoms with Crippen molar-refractivity contribution in [2.45, 2.75) is 18.9 Å². The molecule has 0 radical (unpaired) electrons. The number of likely N-dealkylation sites (tertiary alicyclic amines) is 1. The summed E-state index contributed by atoms with van der Waals surface area (Å²) >= 11 is 0. The average molecular weight is 537 g/mol. The Morgan fingerprint density at radius 3 is 2.56 bits per heavy atom. The SMILES string of the molecule is CN(C)C/C=C/CN1CCC[C@@H](N(C)c2cnc(C(N)=O)c(Nc3ccc(C(=O)N4CCOCC4)cc3)n2)C1. The minimum atomic E-state index is -0.660. The van der Waals surface area contributed by atoms with Crippen LogP contribution in [0.2, 0.25) is 0 Å². The number of nitrogens with one attached hydrogen (secondary N) is 1. The summed E-state index contributed by atoms with van der Waals surface area (Å²) in [5.41, 5.74) is 6.95. The van der Waals surface area contributed by atoms with E-state index in [-0.39, 0.29) is 17.6 Å². The summed E-state index contributed by atoms with van der Waals surface area (Å²) in [6.07, 6.45) is 8.18. The number of amides is 2. The zero-order valence-corrected chi connectivity index (χ0v) is 23.2. The number of aromatic nitrogens is 2. The number of likely N-dealkylation sites (N-methyl/N-ethyl adjacent to an activating group) is 2. The number of benzene rings is 1. The molecule has 2 aliphatic heterocycles. The first-order chi connectivity index (χ1) is 18.8. The molecular weight excluding hydrogens is 496 g/mol. The zero-order valence-electron chi connectivity index (χ0n) is 23.2. The molecule has 2 aromatic rings. The molecule has 0 aliphatic carbocycles. The molecule has 39 heavy (non-hydrogen) atoms. The van der Waals surface area contributed by atoms with E-state index < -0.39 is 5.91 Å². The normalized spacial score (nSPS) is 18.5. The molecule has 3 N–H and O–H groups in total. The second-order valence-electron chi connectivity index (χ2n) is 10.3. The largest absolute Gasteiger partial charge is 0.378 e. The van der Waals surface area contributed by atoms with Crippen molar-refractivity contribution in [2.75, 3.05) is 83.8 Å². The highest BCUT2D eigenvalue weighted by Gasteiger charge is 2.25. The summed E-state index contributed by atoms with van der Waals surface area (Å²) in [5, 5.41) is 3.18. The van der Waals surface area contributed by atoms with Crippen LogP contribution in [0.25, 0.3) is 0 Å². The lowest BCUT2D eigenvalue weighted by molar-refractivity contribution is 0.0303. The minimum absolute atomic E-state index is 0.0270. The predicted octanol–water partition coefficient (Wildman–Crippen LogP) is 1.81. The van der Waals surface area contributed by atoms with E-state index in [1.165, 1.54) is 0 Å². The fraction of sp³-hybridized carbons (Fsp3) is 0.500. The highest BCUT2D eigenvalue weighted by atomic mass is 16.5. The van der Waals surface area contributed by atoms with Gasteiger partial charge in [-0.15, -0.1) is 0 Å². The van der Waals surface area contributed by atoms with E-state index >= 15 is 0 Å². The van der Waals surface area contributed by atoms with E-state index in [4.69, 9.17) is 15.5 Å². The number of primary amides is 1. The first-order valence-electron chi connectivity index (χ1n) is 13.5. The van der Waals surface area contributed by atoms with Crippen LogP contribution < -0.4 is 16.0 Å². The summed E-state index contributed by atoms with van der Waals surface area (Å²) in [6, 6.07) is 7.38. The highest BCUT2D eigenvalue weighted by molar-refractivity contribution is 5.97. The molecule has 2 aliphatic rings. The van der Waals surface area contributed by atoms with Gasteiger partial charge in [-0.1, -0.05) is 12.2 Å². The fourth-order valence-electron chi connectivity index (χ4n) is 4.81. The summed E-state index contributed by atoms with van der Waals surface area (Å²) in [7, 11) is 6.14. The van der Waals surface area contributed by atoms with Gasteiger partial charge >= 0.3 is 0 Å². The average Bonchev–Trinajstić information content (AvgIpc) is 2.95. The van der Waals surface area contributed by atoms with Crippen molar-refractivity contribution in [3.05, 3.63) is 53.9 Å². The Morgan fingerprint density at radius 1 is 1.13 bits per heavy atom. The Morgan fingerprint density at radius 2 is 1.87 bits per heavy atom. The lowest BCUT2D eigenvalue weighted by Crippen LogP contribution is -2.47. The first kappa shape index (κ1) is 28.5. The van der Waals surface area contributed by atoms with Gasteiger partial charge < -0.3 is 30.5 Å². The Balaban J connectivity index is 1.44. The molecule has 210 valence electrons. The maximum absolute atomic E-state index is 12.8. The van der Waals surface area contributed by atoms with Gasteiger partial charge in [-0.05, 0) is 57.7 Å². The summed E-state index contributed by atoms with van der Waals surface area (Å²) in [6.45, 7) is 6.12. The Labute approximate surface area is 230 Å². The molecule has 11 heteroatoms. The van der Waals surface area contributed by atoms with Crippen LogP contribution >= 0.6 is 0 Å². The number of hydrogen-bond acceptors (Lipinski definition) is 9. The molecule has 0 bridgehead atoms. The third-order valence-corrected chi connectivity index (χ3v) is 7.08. The van der Waals surface area contributed by atoms with E-state index in [0.29, 0.717) is 49.2 Å². The number of hydrogen-bond donors (Lipinski definition) is 2. The fourth-order valence-corrected chi connectivity index (χ4v) is 4.81. The summed E-state index contributed by atoms with van der Waals surface area (Å²) < 4.78 is 5.33. The van der Waals surface area contributed by atoms with Gasteiger partial charge in [0.05, 0.1) is 19.4 Å². The zero-order chi connectivity index (χ0) is 27.8. The number of morpholine rings is 1. The number of nitrogens with two attached hydrogens (primary N) is 1. The molecule has 1 atom stereocenters. The van der Waals surface area contributed by atoms with Gasteiger partial charge in [-0.25, -0.2) is 9.97 Å². The summed E-state index contributed by atoms with van der Waals surface area (Å²) in [5.74, 6) is 0.266. The van der Waals surface area contributed by atoms with Gasteiger partial charge in [-0.2, -0.15) is 0 Å². The Kier molecular flexibility index (Phi) is 9.85. The monoisotopic (exact) mass is 536 g/mol. The maximum atomic E-state index is 12.8. The van der Waals surface area contributed by atoms with Crippen molar-refractivity contribution in [1.82, 2.24) is 24.7 Å². The number of nitrogens with zero attached hydrogens (tertiary/aromatic N) is 6. The number of ether oxygens (including phenoxy) is 1. The number of carbonyl (C=O) groups is 2. The minimum Gasteiger partial charge on any atom is -0.378 e. The van der Waals surface area contributed by atoms with E-state index in [9.17, 15) is 9.59 Å². The van der Waals surface area contributed by atoms with E-state index in [2.05, 4.69) is 51.2 Å². The van der Waals surface area contributed by atoms with Crippen molar-refractivity contribution in [3.8, 4) is 0 Å². The van der Waals surface area contributed by atoms with Crippen molar-refractivity contribution < 1.29 is 14.3 Å². The molecule has 4 rings (SSSR count). The molecule has 1 aromatic heterocycles. The number of carbonyl (C=O) groups excluding carboxylic acids is 2. The molecule has 0 unspecified atom stereocenters. The van der Waals surface area contributed by atoms with Gasteiger partial charge in [-0.3, -0.25) is 14.5 Å². The lowest BCUT2D eigenvalue weighted by atomic mass is 10.0. The van der Waals surface area contributed by atoms with Crippen molar-refractivity contribution in [1.29, 1.82) is 0 Å². The third kappa shape index (κ3) is 7.75. The van der Waals surface area contributed by atoms with Gasteiger partial charge in [0.15, 0.2) is 11.5 Å². The van der Waals surface area contributed by atoms with Crippen molar-refractivity contribution >= 4 is 29.1 Å². The summed E-state index contributed by atoms with van der Waals surface area (Å²) in [4.78, 5) is 42.5. The second-order valence-corrected chi connectivity index (χ2v) is 10.3. The van der Waals surface area contributed by atoms with Crippen molar-refractivity contribution in [2.24, 2.45) is 5.73 Å². The highest BCUT2D eigenvalue weighted by Crippen LogP contribution is 2.24. The van der Waals surface area contributed by atoms with E-state index in [1.54, 1.807) is 35.4 Å². The number of anilines is 3. The number of piperidine rings is 1. The molecule has 11 nitrogen and oxygen atoms in total. The first-order valence-corrected chi connectivity index (χ1v) is 13.5. The van der Waals surface area contributed by atoms with Crippen LogP contribution in [0.1, 0.15) is 33.7 Å². The Bertz CT molecular complexity index is 1150. The third-order valence-electron chi connectivity index (χ3n) is 7.08. The molecule has 2 amide bonds. The predicted molar refractivity (Wildman–Crippen MR) is 153 cm³/mol. The van der Waals surface area contributed by atoms with Gasteiger partial charge in [0.25, 0.3) is 11.8 Å². The molecule has 0 saturated carbocycles. The van der Waals surface area contributed by atoms with E-state index in [0.717, 1.165) is 39.0 Å². The molecule has 1 aromatic carbocycles. The van der Waals surface area contributed by atoms with Gasteiger partial charge in [0.2, 0.25) is 0 Å². The molecule has 2 saturated heterocycles. The quantitative estimate of drug-likeness (QED) is 0.438. The maximum Gasteiger partial charge on any atom is 0.271 e. The number of rotatable bonds is 10. The van der Waals surface area contributed by atoms with Gasteiger partial charge in [0, 0.05) is 57.1 Å². The van der Waals surface area contributed by atoms with Gasteiger partial charge in [0.1, 0.15) is 5.82 Å². The van der Waals surface area contributed by atoms with Crippen LogP contribution in [-0.4, -0.2) is 116 Å². The van der Waals surface area contributed by atoms with Crippen LogP contribution in [0.3, 0.4) is 0 Å². The van der Waals surface area contributed by atoms with Crippen LogP contribution in [0, 0.1) is 0 Å². The molecule has 0 spiro atoms. The lowest BCUT2D eigenvalue weighted by Gasteiger charge is -2.37. The van der Waals surface area contributed by atoms with Crippen LogP contribution in [-0.2, 0) is 4.74 Å². The molecular formula is C28H40N8O3.